The molecule has 0 aliphatic heterocycles. The summed E-state index contributed by atoms with van der Waals surface area (Å²) >= 11 is 0. The van der Waals surface area contributed by atoms with Gasteiger partial charge in [0.1, 0.15) is 0 Å². The van der Waals surface area contributed by atoms with Crippen molar-refractivity contribution < 1.29 is 43.2 Å². The van der Waals surface area contributed by atoms with Gasteiger partial charge >= 0.3 is 23.3 Å². The summed E-state index contributed by atoms with van der Waals surface area (Å²) in [6.45, 7) is -1.54. The summed E-state index contributed by atoms with van der Waals surface area (Å²) in [6.07, 6.45) is 0. The Morgan fingerprint density at radius 1 is 0.750 bits per heavy atom. The van der Waals surface area contributed by atoms with Crippen molar-refractivity contribution in [3.63, 3.8) is 0 Å². The van der Waals surface area contributed by atoms with Gasteiger partial charge in [0, 0.05) is 12.1 Å². The van der Waals surface area contributed by atoms with E-state index >= 15 is 0 Å². The largest absolute Gasteiger partial charge is 0.490 e. The highest BCUT2D eigenvalue weighted by molar-refractivity contribution is 5.94. The molecule has 0 atom stereocenters. The molecule has 0 saturated heterocycles. The first-order valence-electron chi connectivity index (χ1n) is 8.68. The Kier molecular flexibility index (Phi) is 7.76. The summed E-state index contributed by atoms with van der Waals surface area (Å²) in [5.41, 5.74) is -1.30. The average Bonchev–Trinajstić information content (AvgIpc) is 2.79. The predicted molar refractivity (Wildman–Crippen MR) is 105 cm³/mol. The fraction of sp³-hybridized carbons (Fsp3) is 0.211. The maximum absolute atomic E-state index is 12.0. The first-order valence-corrected chi connectivity index (χ1v) is 8.68. The van der Waals surface area contributed by atoms with Gasteiger partial charge in [-0.2, -0.15) is 0 Å². The number of methoxy groups -OCH3 is 2. The zero-order valence-electron chi connectivity index (χ0n) is 16.8. The summed E-state index contributed by atoms with van der Waals surface area (Å²) < 4.78 is 19.2. The molecule has 0 spiro atoms. The van der Waals surface area contributed by atoms with Crippen LogP contribution in [0.25, 0.3) is 0 Å². The molecule has 0 bridgehead atoms. The van der Waals surface area contributed by atoms with Crippen LogP contribution in [0.3, 0.4) is 0 Å². The Hall–Kier alpha value is -4.55. The molecule has 0 amide bonds. The quantitative estimate of drug-likeness (QED) is 0.296. The van der Waals surface area contributed by atoms with Gasteiger partial charge in [-0.05, 0) is 24.3 Å². The monoisotopic (exact) mass is 448 g/mol. The second kappa shape index (κ2) is 10.5. The third kappa shape index (κ3) is 5.75. The minimum absolute atomic E-state index is 0.0618. The molecule has 2 aromatic carbocycles. The highest BCUT2D eigenvalue weighted by Gasteiger charge is 2.21. The van der Waals surface area contributed by atoms with Gasteiger partial charge in [-0.1, -0.05) is 0 Å². The molecule has 2 aromatic rings. The first-order chi connectivity index (χ1) is 15.2. The van der Waals surface area contributed by atoms with Crippen molar-refractivity contribution in [2.45, 2.75) is 0 Å². The van der Waals surface area contributed by atoms with Crippen LogP contribution in [0, 0.1) is 20.2 Å². The molecule has 0 aromatic heterocycles. The van der Waals surface area contributed by atoms with Gasteiger partial charge in [0.25, 0.3) is 0 Å². The van der Waals surface area contributed by atoms with E-state index in [1.54, 1.807) is 0 Å². The standard InChI is InChI=1S/C19H16N2O11/c1-29-16-5-3-11(7-14(16)20(25)26)18(23)31-9-13(22)10-32-19(24)12-4-6-17(30-2)15(8-12)21(27)28/h3-8H,9-10H2,1-2H3. The number of carbonyl (C=O) groups excluding carboxylic acids is 3. The van der Waals surface area contributed by atoms with E-state index in [1.807, 2.05) is 0 Å². The van der Waals surface area contributed by atoms with E-state index in [-0.39, 0.29) is 22.6 Å². The lowest BCUT2D eigenvalue weighted by molar-refractivity contribution is -0.385. The number of carbonyl (C=O) groups is 3. The van der Waals surface area contributed by atoms with Crippen LogP contribution in [-0.4, -0.2) is 55.0 Å². The van der Waals surface area contributed by atoms with Crippen LogP contribution in [0.5, 0.6) is 11.5 Å². The fourth-order valence-corrected chi connectivity index (χ4v) is 2.42. The van der Waals surface area contributed by atoms with Gasteiger partial charge in [-0.15, -0.1) is 0 Å². The van der Waals surface area contributed by atoms with E-state index in [0.29, 0.717) is 0 Å². The van der Waals surface area contributed by atoms with Crippen LogP contribution in [0.2, 0.25) is 0 Å². The lowest BCUT2D eigenvalue weighted by atomic mass is 10.2. The minimum Gasteiger partial charge on any atom is -0.490 e. The van der Waals surface area contributed by atoms with Crippen molar-refractivity contribution in [1.29, 1.82) is 0 Å². The zero-order valence-corrected chi connectivity index (χ0v) is 16.8. The van der Waals surface area contributed by atoms with Crippen molar-refractivity contribution in [1.82, 2.24) is 0 Å². The number of esters is 2. The molecule has 0 unspecified atom stereocenters. The number of ketones is 1. The number of hydrogen-bond acceptors (Lipinski definition) is 11. The van der Waals surface area contributed by atoms with E-state index in [2.05, 4.69) is 0 Å². The van der Waals surface area contributed by atoms with Crippen molar-refractivity contribution in [2.24, 2.45) is 0 Å². The van der Waals surface area contributed by atoms with Crippen LogP contribution >= 0.6 is 0 Å². The Morgan fingerprint density at radius 3 is 1.44 bits per heavy atom. The molecular weight excluding hydrogens is 432 g/mol. The number of nitro groups is 2. The molecule has 0 fully saturated rings. The predicted octanol–water partition coefficient (Wildman–Crippen LogP) is 2.10. The fourth-order valence-electron chi connectivity index (χ4n) is 2.42. The SMILES string of the molecule is COc1ccc(C(=O)OCC(=O)COC(=O)c2ccc(OC)c([N+](=O)[O-])c2)cc1[N+](=O)[O-]. The topological polar surface area (TPSA) is 174 Å². The Balaban J connectivity index is 1.94. The average molecular weight is 448 g/mol. The van der Waals surface area contributed by atoms with Crippen LogP contribution in [0.15, 0.2) is 36.4 Å². The number of Topliss-reactive ketones (excluding diaryl/α,β-unsaturated/α-hetero) is 1. The molecule has 0 saturated carbocycles. The highest BCUT2D eigenvalue weighted by atomic mass is 16.6. The molecule has 0 radical (unpaired) electrons. The van der Waals surface area contributed by atoms with Gasteiger partial charge in [-0.25, -0.2) is 9.59 Å². The van der Waals surface area contributed by atoms with E-state index in [4.69, 9.17) is 18.9 Å². The van der Waals surface area contributed by atoms with Crippen molar-refractivity contribution >= 4 is 29.1 Å². The lowest BCUT2D eigenvalue weighted by Crippen LogP contribution is -2.20. The maximum atomic E-state index is 12.0. The van der Waals surface area contributed by atoms with Crippen molar-refractivity contribution in [3.8, 4) is 11.5 Å². The van der Waals surface area contributed by atoms with Crippen LogP contribution in [-0.2, 0) is 14.3 Å². The summed E-state index contributed by atoms with van der Waals surface area (Å²) in [5, 5.41) is 22.0. The number of benzene rings is 2. The third-order valence-electron chi connectivity index (χ3n) is 3.95. The maximum Gasteiger partial charge on any atom is 0.338 e. The van der Waals surface area contributed by atoms with Gasteiger partial charge in [0.2, 0.25) is 5.78 Å². The van der Waals surface area contributed by atoms with Gasteiger partial charge in [-0.3, -0.25) is 25.0 Å². The van der Waals surface area contributed by atoms with Crippen LogP contribution < -0.4 is 9.47 Å². The third-order valence-corrected chi connectivity index (χ3v) is 3.95. The van der Waals surface area contributed by atoms with Gasteiger partial charge in [0.15, 0.2) is 24.7 Å². The number of rotatable bonds is 10. The second-order valence-electron chi connectivity index (χ2n) is 5.98. The zero-order chi connectivity index (χ0) is 23.8. The molecule has 2 rings (SSSR count). The molecule has 13 heteroatoms. The first kappa shape index (κ1) is 23.7. The van der Waals surface area contributed by atoms with Gasteiger partial charge < -0.3 is 18.9 Å². The van der Waals surface area contributed by atoms with E-state index in [0.717, 1.165) is 12.1 Å². The Morgan fingerprint density at radius 2 is 1.12 bits per heavy atom. The Bertz CT molecular complexity index is 997. The molecular formula is C19H16N2O11. The molecule has 168 valence electrons. The summed E-state index contributed by atoms with van der Waals surface area (Å²) in [7, 11) is 2.45. The number of ether oxygens (including phenoxy) is 4. The Labute approximate surface area is 179 Å². The number of hydrogen-bond donors (Lipinski definition) is 0. The lowest BCUT2D eigenvalue weighted by Gasteiger charge is -2.07. The number of nitrogens with zero attached hydrogens (tertiary/aromatic N) is 2. The summed E-state index contributed by atoms with van der Waals surface area (Å²) in [6, 6.07) is 6.70. The highest BCUT2D eigenvalue weighted by Crippen LogP contribution is 2.28. The smallest absolute Gasteiger partial charge is 0.338 e. The second-order valence-corrected chi connectivity index (χ2v) is 5.98. The van der Waals surface area contributed by atoms with Crippen molar-refractivity contribution in [3.05, 3.63) is 67.8 Å². The molecule has 0 N–H and O–H groups in total. The van der Waals surface area contributed by atoms with Crippen LogP contribution in [0.1, 0.15) is 20.7 Å². The molecule has 0 aliphatic rings. The minimum atomic E-state index is -1.01. The summed E-state index contributed by atoms with van der Waals surface area (Å²) in [5.74, 6) is -2.94. The van der Waals surface area contributed by atoms with Crippen molar-refractivity contribution in [2.75, 3.05) is 27.4 Å². The molecule has 0 heterocycles. The number of nitro benzene ring substituents is 2. The van der Waals surface area contributed by atoms with E-state index in [1.165, 1.54) is 38.5 Å². The van der Waals surface area contributed by atoms with E-state index < -0.39 is 52.2 Å². The van der Waals surface area contributed by atoms with Crippen LogP contribution in [0.4, 0.5) is 11.4 Å². The van der Waals surface area contributed by atoms with E-state index in [9.17, 15) is 34.6 Å². The molecule has 32 heavy (non-hydrogen) atoms. The summed E-state index contributed by atoms with van der Waals surface area (Å²) in [4.78, 5) is 56.4. The normalized spacial score (nSPS) is 10.1. The molecule has 0 aliphatic carbocycles. The van der Waals surface area contributed by atoms with Gasteiger partial charge in [0.05, 0.1) is 35.2 Å². The molecule has 13 nitrogen and oxygen atoms in total.